The molecule has 0 aliphatic heterocycles. The summed E-state index contributed by atoms with van der Waals surface area (Å²) in [5.41, 5.74) is 15.1. The molecule has 0 aliphatic rings. The van der Waals surface area contributed by atoms with Gasteiger partial charge in [-0.15, -0.1) is 5.10 Å². The summed E-state index contributed by atoms with van der Waals surface area (Å²) in [7, 11) is 0. The summed E-state index contributed by atoms with van der Waals surface area (Å²) in [6.07, 6.45) is -0.0928. The van der Waals surface area contributed by atoms with Crippen LogP contribution in [0.2, 0.25) is 0 Å². The Balaban J connectivity index is 2.04. The van der Waals surface area contributed by atoms with Crippen LogP contribution in [0.5, 0.6) is 0 Å². The van der Waals surface area contributed by atoms with Gasteiger partial charge in [0.2, 0.25) is 5.91 Å². The summed E-state index contributed by atoms with van der Waals surface area (Å²) in [4.78, 5) is 23.1. The Morgan fingerprint density at radius 3 is 2.30 bits per heavy atom. The van der Waals surface area contributed by atoms with Gasteiger partial charge >= 0.3 is 5.97 Å². The van der Waals surface area contributed by atoms with E-state index in [-0.39, 0.29) is 18.7 Å². The van der Waals surface area contributed by atoms with Gasteiger partial charge in [-0.1, -0.05) is 59.8 Å². The molecule has 0 saturated carbocycles. The number of aliphatic carboxylic acids is 1. The smallest absolute Gasteiger partial charge is 0.305 e. The van der Waals surface area contributed by atoms with Gasteiger partial charge in [-0.2, -0.15) is 5.53 Å². The number of hydrogen-bond donors (Lipinski definition) is 4. The SMILES string of the molecule is N=NN=C(N)CC(=O)N[C@@H](CC(=O)O)Cc1ccc(-c2ccccc2)cc1. The number of carbonyl (C=O) groups excluding carboxylic acids is 1. The lowest BCUT2D eigenvalue weighted by Gasteiger charge is -2.17. The van der Waals surface area contributed by atoms with E-state index in [1.165, 1.54) is 0 Å². The van der Waals surface area contributed by atoms with Crippen molar-refractivity contribution in [1.29, 1.82) is 5.53 Å². The van der Waals surface area contributed by atoms with E-state index in [2.05, 4.69) is 15.6 Å². The van der Waals surface area contributed by atoms with Crippen LogP contribution in [0, 0.1) is 5.53 Å². The molecule has 2 aromatic carbocycles. The molecule has 2 aromatic rings. The maximum Gasteiger partial charge on any atom is 0.305 e. The zero-order valence-electron chi connectivity index (χ0n) is 14.6. The van der Waals surface area contributed by atoms with Gasteiger partial charge in [-0.05, 0) is 23.1 Å². The molecule has 0 spiro atoms. The molecule has 2 rings (SSSR count). The number of hydrogen-bond acceptors (Lipinski definition) is 4. The lowest BCUT2D eigenvalue weighted by Crippen LogP contribution is -2.39. The second-order valence-electron chi connectivity index (χ2n) is 6.00. The van der Waals surface area contributed by atoms with Crippen LogP contribution in [0.4, 0.5) is 0 Å². The number of nitrogens with one attached hydrogen (secondary N) is 2. The van der Waals surface area contributed by atoms with Gasteiger partial charge < -0.3 is 16.2 Å². The molecule has 0 aromatic heterocycles. The van der Waals surface area contributed by atoms with E-state index >= 15 is 0 Å². The predicted octanol–water partition coefficient (Wildman–Crippen LogP) is 2.55. The number of rotatable bonds is 9. The first-order chi connectivity index (χ1) is 13.0. The number of amidine groups is 1. The molecule has 8 nitrogen and oxygen atoms in total. The van der Waals surface area contributed by atoms with Crippen molar-refractivity contribution in [1.82, 2.24) is 5.32 Å². The van der Waals surface area contributed by atoms with E-state index in [0.717, 1.165) is 16.7 Å². The lowest BCUT2D eigenvalue weighted by atomic mass is 9.99. The van der Waals surface area contributed by atoms with Gasteiger partial charge in [-0.25, -0.2) is 0 Å². The van der Waals surface area contributed by atoms with Crippen LogP contribution in [-0.2, 0) is 16.0 Å². The average molecular weight is 367 g/mol. The van der Waals surface area contributed by atoms with E-state index in [9.17, 15) is 9.59 Å². The number of nitrogens with two attached hydrogens (primary N) is 1. The van der Waals surface area contributed by atoms with Gasteiger partial charge in [0, 0.05) is 6.04 Å². The third-order valence-electron chi connectivity index (χ3n) is 3.85. The maximum absolute atomic E-state index is 12.0. The van der Waals surface area contributed by atoms with Crippen LogP contribution in [0.15, 0.2) is 64.9 Å². The molecule has 0 aliphatic carbocycles. The van der Waals surface area contributed by atoms with Crippen molar-refractivity contribution in [3.8, 4) is 11.1 Å². The summed E-state index contributed by atoms with van der Waals surface area (Å²) < 4.78 is 0. The van der Waals surface area contributed by atoms with Gasteiger partial charge in [-0.3, -0.25) is 9.59 Å². The first-order valence-electron chi connectivity index (χ1n) is 8.32. The molecule has 8 heteroatoms. The van der Waals surface area contributed by atoms with Crippen molar-refractivity contribution in [2.75, 3.05) is 0 Å². The number of benzene rings is 2. The molecule has 0 fully saturated rings. The minimum atomic E-state index is -1.01. The fourth-order valence-corrected chi connectivity index (χ4v) is 2.68. The van der Waals surface area contributed by atoms with Crippen molar-refractivity contribution in [3.05, 3.63) is 60.2 Å². The van der Waals surface area contributed by atoms with Crippen molar-refractivity contribution < 1.29 is 14.7 Å². The van der Waals surface area contributed by atoms with Crippen LogP contribution in [0.3, 0.4) is 0 Å². The quantitative estimate of drug-likeness (QED) is 0.234. The molecule has 0 saturated heterocycles. The Kier molecular flexibility index (Phi) is 7.18. The maximum atomic E-state index is 12.0. The van der Waals surface area contributed by atoms with Crippen LogP contribution >= 0.6 is 0 Å². The molecule has 0 heterocycles. The van der Waals surface area contributed by atoms with E-state index in [1.54, 1.807) is 0 Å². The fraction of sp³-hybridized carbons (Fsp3) is 0.211. The number of carbonyl (C=O) groups is 2. The van der Waals surface area contributed by atoms with Gasteiger partial charge in [0.15, 0.2) is 0 Å². The second kappa shape index (κ2) is 9.81. The Morgan fingerprint density at radius 2 is 1.70 bits per heavy atom. The highest BCUT2D eigenvalue weighted by molar-refractivity contribution is 5.99. The Morgan fingerprint density at radius 1 is 1.07 bits per heavy atom. The van der Waals surface area contributed by atoms with Crippen LogP contribution in [0.1, 0.15) is 18.4 Å². The molecule has 0 radical (unpaired) electrons. The summed E-state index contributed by atoms with van der Waals surface area (Å²) >= 11 is 0. The van der Waals surface area contributed by atoms with Gasteiger partial charge in [0.25, 0.3) is 0 Å². The minimum absolute atomic E-state index is 0.108. The molecule has 1 amide bonds. The number of carboxylic acids is 1. The fourth-order valence-electron chi connectivity index (χ4n) is 2.68. The first kappa shape index (κ1) is 19.8. The van der Waals surface area contributed by atoms with E-state index in [4.69, 9.17) is 16.4 Å². The van der Waals surface area contributed by atoms with Crippen LogP contribution in [0.25, 0.3) is 11.1 Å². The van der Waals surface area contributed by atoms with Gasteiger partial charge in [0.1, 0.15) is 5.84 Å². The normalized spacial score (nSPS) is 12.2. The monoisotopic (exact) mass is 367 g/mol. The summed E-state index contributed by atoms with van der Waals surface area (Å²) in [5, 5.41) is 17.8. The Hall–Kier alpha value is -3.55. The Labute approximate surface area is 156 Å². The minimum Gasteiger partial charge on any atom is -0.481 e. The molecular weight excluding hydrogens is 346 g/mol. The molecule has 5 N–H and O–H groups in total. The van der Waals surface area contributed by atoms with Gasteiger partial charge in [0.05, 0.1) is 12.8 Å². The van der Waals surface area contributed by atoms with E-state index in [0.29, 0.717) is 6.42 Å². The Bertz CT molecular complexity index is 819. The second-order valence-corrected chi connectivity index (χ2v) is 6.00. The average Bonchev–Trinajstić information content (AvgIpc) is 2.62. The topological polar surface area (TPSA) is 141 Å². The summed E-state index contributed by atoms with van der Waals surface area (Å²) in [6.45, 7) is 0. The molecule has 1 atom stereocenters. The standard InChI is InChI=1S/C19H21N5O3/c20-17(23-24-21)12-18(25)22-16(11-19(26)27)10-13-6-8-15(9-7-13)14-4-2-1-3-5-14/h1-9,16H,10-12H2,(H,22,25)(H,26,27)(H3,20,21,23)/t16-/m1/s1. The highest BCUT2D eigenvalue weighted by atomic mass is 16.4. The largest absolute Gasteiger partial charge is 0.481 e. The molecule has 0 unspecified atom stereocenters. The van der Waals surface area contributed by atoms with E-state index < -0.39 is 17.9 Å². The highest BCUT2D eigenvalue weighted by Crippen LogP contribution is 2.20. The lowest BCUT2D eigenvalue weighted by molar-refractivity contribution is -0.137. The van der Waals surface area contributed by atoms with Crippen molar-refractivity contribution in [3.63, 3.8) is 0 Å². The van der Waals surface area contributed by atoms with Crippen molar-refractivity contribution in [2.24, 2.45) is 16.1 Å². The van der Waals surface area contributed by atoms with E-state index in [1.807, 2.05) is 54.6 Å². The zero-order chi connectivity index (χ0) is 19.6. The highest BCUT2D eigenvalue weighted by Gasteiger charge is 2.17. The first-order valence-corrected chi connectivity index (χ1v) is 8.32. The van der Waals surface area contributed by atoms with Crippen LogP contribution in [-0.4, -0.2) is 28.9 Å². The van der Waals surface area contributed by atoms with Crippen LogP contribution < -0.4 is 11.1 Å². The molecular formula is C19H21N5O3. The summed E-state index contributed by atoms with van der Waals surface area (Å²) in [5.74, 6) is -1.58. The van der Waals surface area contributed by atoms with Crippen molar-refractivity contribution >= 4 is 17.7 Å². The molecule has 140 valence electrons. The number of carboxylic acid groups (broad SMARTS) is 1. The zero-order valence-corrected chi connectivity index (χ0v) is 14.6. The van der Waals surface area contributed by atoms with Crippen molar-refractivity contribution in [2.45, 2.75) is 25.3 Å². The molecule has 0 bridgehead atoms. The predicted molar refractivity (Wildman–Crippen MR) is 101 cm³/mol. The third kappa shape index (κ3) is 6.69. The number of nitrogens with zero attached hydrogens (tertiary/aromatic N) is 2. The third-order valence-corrected chi connectivity index (χ3v) is 3.85. The number of amides is 1. The molecule has 27 heavy (non-hydrogen) atoms. The summed E-state index contributed by atoms with van der Waals surface area (Å²) in [6, 6.07) is 17.1.